The van der Waals surface area contributed by atoms with Crippen molar-refractivity contribution >= 4 is 47.8 Å². The minimum Gasteiger partial charge on any atom is -0.505 e. The summed E-state index contributed by atoms with van der Waals surface area (Å²) in [7, 11) is 0. The van der Waals surface area contributed by atoms with Crippen LogP contribution >= 0.6 is 0 Å². The maximum atomic E-state index is 10.5. The Hall–Kier alpha value is -5.72. The summed E-state index contributed by atoms with van der Waals surface area (Å²) < 4.78 is 8.63. The molecule has 2 aliphatic rings. The highest BCUT2D eigenvalue weighted by atomic mass is 16.6. The molecule has 0 saturated heterocycles. The number of ether oxygens (including phenoxy) is 2. The topological polar surface area (TPSA) is 438 Å². The van der Waals surface area contributed by atoms with Crippen molar-refractivity contribution in [3.63, 3.8) is 0 Å². The number of carboxylic acids is 6. The predicted molar refractivity (Wildman–Crippen MR) is 566 cm³/mol. The van der Waals surface area contributed by atoms with E-state index in [1.807, 2.05) is 0 Å². The number of esters is 2. The van der Waals surface area contributed by atoms with Crippen molar-refractivity contribution in [2.45, 2.75) is 644 Å². The van der Waals surface area contributed by atoms with Crippen LogP contribution in [-0.2, 0) is 47.8 Å². The summed E-state index contributed by atoms with van der Waals surface area (Å²) in [4.78, 5) is 83.0. The van der Waals surface area contributed by atoms with E-state index in [4.69, 9.17) is 71.5 Å². The molecule has 0 unspecified atom stereocenters. The second-order valence-electron chi connectivity index (χ2n) is 39.1. The molecule has 24 nitrogen and oxygen atoms in total. The molecule has 0 fully saturated rings. The molecule has 820 valence electrons. The minimum atomic E-state index is -1.42. The van der Waals surface area contributed by atoms with Crippen LogP contribution in [-0.4, -0.2) is 157 Å². The minimum absolute atomic E-state index is 0.345. The predicted octanol–water partition coefficient (Wildman–Crippen LogP) is 32.8. The number of rotatable bonds is 94. The van der Waals surface area contributed by atoms with Crippen LogP contribution in [0.1, 0.15) is 619 Å². The van der Waals surface area contributed by atoms with Crippen LogP contribution in [0.2, 0.25) is 0 Å². The first kappa shape index (κ1) is 143. The lowest BCUT2D eigenvalue weighted by Gasteiger charge is -2.13. The van der Waals surface area contributed by atoms with E-state index in [0.717, 1.165) is 77.0 Å². The molecule has 4 atom stereocenters. The maximum Gasteiger partial charge on any atom is 0.377 e. The van der Waals surface area contributed by atoms with Crippen molar-refractivity contribution in [2.24, 2.45) is 0 Å². The third kappa shape index (κ3) is 121. The van der Waals surface area contributed by atoms with Gasteiger partial charge < -0.3 is 81.0 Å². The van der Waals surface area contributed by atoms with Gasteiger partial charge in [0.15, 0.2) is 23.7 Å². The highest BCUT2D eigenvalue weighted by Crippen LogP contribution is 2.25. The first-order valence-corrected chi connectivity index (χ1v) is 57.3. The van der Waals surface area contributed by atoms with Gasteiger partial charge in [0.2, 0.25) is 11.5 Å². The highest BCUT2D eigenvalue weighted by molar-refractivity contribution is 5.89. The summed E-state index contributed by atoms with van der Waals surface area (Å²) in [6, 6.07) is 0. The molecule has 0 amide bonds. The van der Waals surface area contributed by atoms with Crippen LogP contribution in [0.15, 0.2) is 23.0 Å². The number of hydrogen-bond acceptors (Lipinski definition) is 18. The number of carbonyl (C=O) groups is 8. The van der Waals surface area contributed by atoms with E-state index in [9.17, 15) is 38.4 Å². The largest absolute Gasteiger partial charge is 0.505 e. The third-order valence-corrected chi connectivity index (χ3v) is 25.4. The Morgan fingerprint density at radius 2 is 0.290 bits per heavy atom. The van der Waals surface area contributed by atoms with Crippen LogP contribution in [0.25, 0.3) is 0 Å². The molecule has 138 heavy (non-hydrogen) atoms. The average Bonchev–Trinajstić information content (AvgIpc) is 1.70. The maximum absolute atomic E-state index is 10.5. The molecule has 14 N–H and O–H groups in total. The molecular weight excluding hydrogens is 1750 g/mol. The zero-order valence-electron chi connectivity index (χ0n) is 89.7. The summed E-state index contributed by atoms with van der Waals surface area (Å²) >= 11 is 0. The monoisotopic (exact) mass is 1970 g/mol. The van der Waals surface area contributed by atoms with Gasteiger partial charge in [0.05, 0.1) is 13.2 Å². The first-order valence-electron chi connectivity index (χ1n) is 57.3. The van der Waals surface area contributed by atoms with Crippen LogP contribution in [0.3, 0.4) is 0 Å². The van der Waals surface area contributed by atoms with Gasteiger partial charge in [-0.15, -0.1) is 0 Å². The number of carboxylic acid groups (broad SMARTS) is 6. The van der Waals surface area contributed by atoms with Crippen molar-refractivity contribution in [1.29, 1.82) is 0 Å². The molecule has 2 aliphatic heterocycles. The molecule has 0 aromatic heterocycles. The van der Waals surface area contributed by atoms with Crippen LogP contribution in [0, 0.1) is 0 Å². The van der Waals surface area contributed by atoms with E-state index in [1.165, 1.54) is 462 Å². The fourth-order valence-electron chi connectivity index (χ4n) is 16.5. The van der Waals surface area contributed by atoms with Crippen molar-refractivity contribution < 1.29 is 119 Å². The number of carbonyl (C=O) groups excluding carboxylic acids is 2. The van der Waals surface area contributed by atoms with Crippen molar-refractivity contribution in [1.82, 2.24) is 0 Å². The van der Waals surface area contributed by atoms with E-state index in [1.54, 1.807) is 0 Å². The lowest BCUT2D eigenvalue weighted by atomic mass is 10.0. The molecule has 0 aromatic rings. The van der Waals surface area contributed by atoms with Gasteiger partial charge in [-0.3, -0.25) is 28.8 Å². The summed E-state index contributed by atoms with van der Waals surface area (Å²) in [5.41, 5.74) is 0. The van der Waals surface area contributed by atoms with Gasteiger partial charge >= 0.3 is 47.8 Å². The third-order valence-electron chi connectivity index (χ3n) is 25.4. The van der Waals surface area contributed by atoms with Gasteiger partial charge in [0, 0.05) is 38.5 Å². The van der Waals surface area contributed by atoms with Crippen molar-refractivity contribution in [3.8, 4) is 0 Å². The van der Waals surface area contributed by atoms with Crippen molar-refractivity contribution in [2.75, 3.05) is 13.2 Å². The number of cyclic esters (lactones) is 2. The van der Waals surface area contributed by atoms with E-state index in [-0.39, 0.29) is 0 Å². The smallest absolute Gasteiger partial charge is 0.377 e. The number of unbranched alkanes of at least 4 members (excludes halogenated alkanes) is 78. The second kappa shape index (κ2) is 120. The standard InChI is InChI=1S/3C18H36O2.3C16H32O2.2C6H8O6/c3*1-2-3-4-5-6-7-8-9-10-11-12-13-14-15-16-17-18(19)20;3*1-2-3-4-5-6-7-8-9-10-11-12-13-14-15-16(17)18;2*7-1-2(8)5-3(9)4(10)6(11)12-5/h3*2-17H2,1H3,(H,19,20);3*2-15H2,1H3,(H,17,18);2*2,5,7-10H,1H2/t;;;;;;2*2-,5+/m......00/s1. The van der Waals surface area contributed by atoms with Crippen LogP contribution < -0.4 is 0 Å². The Morgan fingerprint density at radius 3 is 0.362 bits per heavy atom. The molecule has 0 radical (unpaired) electrons. The number of aliphatic carboxylic acids is 6. The SMILES string of the molecule is CCCCCCCCCCCCCCCC(=O)O.CCCCCCCCCCCCCCCC(=O)O.CCCCCCCCCCCCCCCC(=O)O.CCCCCCCCCCCCCCCCCC(=O)O.CCCCCCCCCCCCCCCCCC(=O)O.CCCCCCCCCCCCCCCCCC(=O)O.O=C1O[C@H]([C@@H](O)CO)C(O)=C1O.O=C1O[C@H]([C@@H](O)CO)C(O)=C1O. The van der Waals surface area contributed by atoms with E-state index in [0.29, 0.717) is 38.5 Å². The molecule has 0 spiro atoms. The van der Waals surface area contributed by atoms with Crippen LogP contribution in [0.5, 0.6) is 0 Å². The lowest BCUT2D eigenvalue weighted by Crippen LogP contribution is -2.31. The highest BCUT2D eigenvalue weighted by Gasteiger charge is 2.40. The van der Waals surface area contributed by atoms with E-state index in [2.05, 4.69) is 51.0 Å². The molecule has 2 rings (SSSR count). The molecule has 24 heteroatoms. The zero-order valence-corrected chi connectivity index (χ0v) is 89.7. The molecule has 0 bridgehead atoms. The Morgan fingerprint density at radius 1 is 0.196 bits per heavy atom. The summed E-state index contributed by atoms with van der Waals surface area (Å²) in [6.07, 6.45) is 107. The van der Waals surface area contributed by atoms with Gasteiger partial charge in [-0.05, 0) is 38.5 Å². The Labute approximate surface area is 842 Å². The Balaban J connectivity index is -0.000000363. The van der Waals surface area contributed by atoms with Gasteiger partial charge in [-0.25, -0.2) is 9.59 Å². The zero-order chi connectivity index (χ0) is 104. The van der Waals surface area contributed by atoms with Gasteiger partial charge in [-0.1, -0.05) is 542 Å². The quantitative estimate of drug-likeness (QED) is 0.0199. The van der Waals surface area contributed by atoms with Gasteiger partial charge in [0.1, 0.15) is 12.2 Å². The Bertz CT molecular complexity index is 2420. The fourth-order valence-corrected chi connectivity index (χ4v) is 16.5. The summed E-state index contributed by atoms with van der Waals surface area (Å²) in [6.45, 7) is 12.2. The molecule has 0 saturated carbocycles. The van der Waals surface area contributed by atoms with Crippen molar-refractivity contribution in [3.05, 3.63) is 23.0 Å². The first-order chi connectivity index (χ1) is 66.8. The fraction of sp³-hybridized carbons (Fsp3) is 0.895. The average molecular weight is 1970 g/mol. The van der Waals surface area contributed by atoms with Gasteiger partial charge in [-0.2, -0.15) is 0 Å². The second-order valence-corrected chi connectivity index (χ2v) is 39.1. The summed E-state index contributed by atoms with van der Waals surface area (Å²) in [5, 5.41) is 121. The van der Waals surface area contributed by atoms with Crippen LogP contribution in [0.4, 0.5) is 0 Å². The molecule has 2 heterocycles. The van der Waals surface area contributed by atoms with E-state index < -0.39 is 108 Å². The molecule has 0 aliphatic carbocycles. The Kier molecular flexibility index (Phi) is 124. The molecule has 0 aromatic carbocycles. The normalized spacial score (nSPS) is 13.4. The number of hydrogen-bond donors (Lipinski definition) is 14. The molecular formula is C114H220O24. The number of aliphatic hydroxyl groups excluding tert-OH is 8. The van der Waals surface area contributed by atoms with Gasteiger partial charge in [0.25, 0.3) is 0 Å². The number of aliphatic hydroxyl groups is 8. The summed E-state index contributed by atoms with van der Waals surface area (Å²) in [5.74, 6) is -9.48. The lowest BCUT2D eigenvalue weighted by molar-refractivity contribution is -0.148. The van der Waals surface area contributed by atoms with E-state index >= 15 is 0 Å².